The summed E-state index contributed by atoms with van der Waals surface area (Å²) in [7, 11) is 0. The van der Waals surface area contributed by atoms with Crippen LogP contribution in [0.3, 0.4) is 0 Å². The monoisotopic (exact) mass is 389 g/mol. The van der Waals surface area contributed by atoms with E-state index in [1.807, 2.05) is 4.90 Å². The molecule has 140 valence electrons. The normalized spacial score (nSPS) is 16.7. The van der Waals surface area contributed by atoms with Gasteiger partial charge in [0.15, 0.2) is 0 Å². The van der Waals surface area contributed by atoms with Gasteiger partial charge in [0.05, 0.1) is 0 Å². The Morgan fingerprint density at radius 2 is 1.96 bits per heavy atom. The minimum atomic E-state index is -4.68. The molecule has 0 saturated carbocycles. The molecule has 1 aliphatic heterocycles. The Bertz CT molecular complexity index is 770. The number of pyridine rings is 1. The maximum atomic E-state index is 12.5. The van der Waals surface area contributed by atoms with Crippen molar-refractivity contribution in [3.63, 3.8) is 0 Å². The average Bonchev–Trinajstić information content (AvgIpc) is 3.12. The first-order valence-electron chi connectivity index (χ1n) is 7.81. The highest BCUT2D eigenvalue weighted by atomic mass is 35.5. The second kappa shape index (κ2) is 7.10. The molecule has 11 heteroatoms. The van der Waals surface area contributed by atoms with Gasteiger partial charge in [0.2, 0.25) is 11.7 Å². The lowest BCUT2D eigenvalue weighted by molar-refractivity contribution is -0.159. The second-order valence-corrected chi connectivity index (χ2v) is 6.41. The standard InChI is InChI=1S/C15H15ClF3N5O2/c1-9(16)13(25)24-6-4-23(5-7-24)11-3-2-10(8-20-11)12-21-14(26-22-12)15(17,18)19/h2-3,8-9H,4-7H2,1H3. The van der Waals surface area contributed by atoms with Crippen LogP contribution in [0.2, 0.25) is 0 Å². The summed E-state index contributed by atoms with van der Waals surface area (Å²) in [6.07, 6.45) is -3.30. The van der Waals surface area contributed by atoms with Crippen LogP contribution in [0.15, 0.2) is 22.9 Å². The summed E-state index contributed by atoms with van der Waals surface area (Å²) in [6.45, 7) is 3.86. The van der Waals surface area contributed by atoms with Crippen LogP contribution >= 0.6 is 11.6 Å². The number of rotatable bonds is 3. The third-order valence-corrected chi connectivity index (χ3v) is 4.12. The molecule has 7 nitrogen and oxygen atoms in total. The third kappa shape index (κ3) is 3.90. The number of halogens is 4. The summed E-state index contributed by atoms with van der Waals surface area (Å²) in [4.78, 5) is 23.1. The van der Waals surface area contributed by atoms with E-state index in [9.17, 15) is 18.0 Å². The van der Waals surface area contributed by atoms with E-state index < -0.39 is 17.4 Å². The number of carbonyl (C=O) groups is 1. The Morgan fingerprint density at radius 3 is 2.46 bits per heavy atom. The van der Waals surface area contributed by atoms with Crippen LogP contribution in [0.1, 0.15) is 12.8 Å². The van der Waals surface area contributed by atoms with E-state index in [4.69, 9.17) is 11.6 Å². The summed E-state index contributed by atoms with van der Waals surface area (Å²) in [6, 6.07) is 3.24. The average molecular weight is 390 g/mol. The second-order valence-electron chi connectivity index (χ2n) is 5.75. The number of nitrogens with zero attached hydrogens (tertiary/aromatic N) is 5. The summed E-state index contributed by atoms with van der Waals surface area (Å²) in [5.74, 6) is -1.03. The van der Waals surface area contributed by atoms with Crippen molar-refractivity contribution >= 4 is 23.3 Å². The predicted molar refractivity (Wildman–Crippen MR) is 86.6 cm³/mol. The first kappa shape index (κ1) is 18.4. The number of anilines is 1. The van der Waals surface area contributed by atoms with Crippen LogP contribution in [0.4, 0.5) is 19.0 Å². The van der Waals surface area contributed by atoms with Crippen LogP contribution in [0.5, 0.6) is 0 Å². The minimum Gasteiger partial charge on any atom is -0.353 e. The number of hydrogen-bond donors (Lipinski definition) is 0. The van der Waals surface area contributed by atoms with Gasteiger partial charge in [-0.25, -0.2) is 4.98 Å². The topological polar surface area (TPSA) is 75.4 Å². The molecular formula is C15H15ClF3N5O2. The SMILES string of the molecule is CC(Cl)C(=O)N1CCN(c2ccc(-c3noc(C(F)(F)F)n3)cn2)CC1. The van der Waals surface area contributed by atoms with Crippen molar-refractivity contribution < 1.29 is 22.5 Å². The summed E-state index contributed by atoms with van der Waals surface area (Å²) < 4.78 is 41.7. The van der Waals surface area contributed by atoms with E-state index in [0.29, 0.717) is 37.6 Å². The molecular weight excluding hydrogens is 375 g/mol. The van der Waals surface area contributed by atoms with E-state index >= 15 is 0 Å². The quantitative estimate of drug-likeness (QED) is 0.750. The first-order chi connectivity index (χ1) is 12.3. The molecule has 1 amide bonds. The molecule has 3 heterocycles. The summed E-state index contributed by atoms with van der Waals surface area (Å²) >= 11 is 5.81. The van der Waals surface area contributed by atoms with Crippen molar-refractivity contribution in [1.82, 2.24) is 20.0 Å². The Balaban J connectivity index is 1.65. The van der Waals surface area contributed by atoms with Crippen LogP contribution in [0.25, 0.3) is 11.4 Å². The van der Waals surface area contributed by atoms with Gasteiger partial charge in [-0.2, -0.15) is 18.2 Å². The van der Waals surface area contributed by atoms with E-state index in [1.165, 1.54) is 6.20 Å². The molecule has 3 rings (SSSR count). The van der Waals surface area contributed by atoms with Crippen LogP contribution in [0, 0.1) is 0 Å². The van der Waals surface area contributed by atoms with E-state index in [2.05, 4.69) is 19.6 Å². The molecule has 1 saturated heterocycles. The lowest BCUT2D eigenvalue weighted by Crippen LogP contribution is -2.50. The highest BCUT2D eigenvalue weighted by Crippen LogP contribution is 2.29. The molecule has 1 fully saturated rings. The number of piperazine rings is 1. The molecule has 0 bridgehead atoms. The fourth-order valence-electron chi connectivity index (χ4n) is 2.57. The lowest BCUT2D eigenvalue weighted by atomic mass is 10.2. The third-order valence-electron chi connectivity index (χ3n) is 3.93. The largest absolute Gasteiger partial charge is 0.471 e. The van der Waals surface area contributed by atoms with Gasteiger partial charge in [-0.3, -0.25) is 4.79 Å². The van der Waals surface area contributed by atoms with Gasteiger partial charge in [0, 0.05) is 37.9 Å². The molecule has 2 aromatic rings. The molecule has 0 aliphatic carbocycles. The van der Waals surface area contributed by atoms with Gasteiger partial charge in [-0.05, 0) is 19.1 Å². The van der Waals surface area contributed by atoms with E-state index in [0.717, 1.165) is 0 Å². The van der Waals surface area contributed by atoms with Gasteiger partial charge in [-0.1, -0.05) is 5.16 Å². The van der Waals surface area contributed by atoms with Gasteiger partial charge in [0.25, 0.3) is 0 Å². The smallest absolute Gasteiger partial charge is 0.353 e. The molecule has 1 unspecified atom stereocenters. The van der Waals surface area contributed by atoms with E-state index in [1.54, 1.807) is 24.0 Å². The van der Waals surface area contributed by atoms with Crippen LogP contribution in [-0.2, 0) is 11.0 Å². The maximum Gasteiger partial charge on any atom is 0.471 e. The van der Waals surface area contributed by atoms with Crippen molar-refractivity contribution in [1.29, 1.82) is 0 Å². The molecule has 26 heavy (non-hydrogen) atoms. The highest BCUT2D eigenvalue weighted by molar-refractivity contribution is 6.30. The van der Waals surface area contributed by atoms with Crippen molar-refractivity contribution in [3.05, 3.63) is 24.2 Å². The Labute approximate surface area is 151 Å². The zero-order valence-corrected chi connectivity index (χ0v) is 14.5. The zero-order chi connectivity index (χ0) is 18.9. The predicted octanol–water partition coefficient (Wildman–Crippen LogP) is 2.43. The fourth-order valence-corrected chi connectivity index (χ4v) is 2.71. The number of alkyl halides is 4. The van der Waals surface area contributed by atoms with Gasteiger partial charge >= 0.3 is 12.1 Å². The molecule has 0 radical (unpaired) electrons. The van der Waals surface area contributed by atoms with Gasteiger partial charge in [0.1, 0.15) is 11.2 Å². The van der Waals surface area contributed by atoms with E-state index in [-0.39, 0.29) is 11.7 Å². The summed E-state index contributed by atoms with van der Waals surface area (Å²) in [5.41, 5.74) is 0.317. The first-order valence-corrected chi connectivity index (χ1v) is 8.24. The molecule has 2 aromatic heterocycles. The Hall–Kier alpha value is -2.36. The van der Waals surface area contributed by atoms with Crippen molar-refractivity contribution in [2.24, 2.45) is 0 Å². The molecule has 1 aliphatic rings. The highest BCUT2D eigenvalue weighted by Gasteiger charge is 2.38. The molecule has 0 N–H and O–H groups in total. The van der Waals surface area contributed by atoms with Crippen molar-refractivity contribution in [3.8, 4) is 11.4 Å². The molecule has 0 spiro atoms. The molecule has 0 aromatic carbocycles. The van der Waals surface area contributed by atoms with Crippen molar-refractivity contribution in [2.45, 2.75) is 18.5 Å². The number of aromatic nitrogens is 3. The fraction of sp³-hybridized carbons (Fsp3) is 0.467. The number of amides is 1. The zero-order valence-electron chi connectivity index (χ0n) is 13.7. The van der Waals surface area contributed by atoms with Gasteiger partial charge < -0.3 is 14.3 Å². The van der Waals surface area contributed by atoms with Crippen LogP contribution in [-0.4, -0.2) is 57.5 Å². The van der Waals surface area contributed by atoms with Crippen molar-refractivity contribution in [2.75, 3.05) is 31.1 Å². The van der Waals surface area contributed by atoms with Crippen LogP contribution < -0.4 is 4.90 Å². The maximum absolute atomic E-state index is 12.5. The lowest BCUT2D eigenvalue weighted by Gasteiger charge is -2.35. The number of hydrogen-bond acceptors (Lipinski definition) is 6. The Kier molecular flexibility index (Phi) is 5.03. The minimum absolute atomic E-state index is 0.104. The Morgan fingerprint density at radius 1 is 1.27 bits per heavy atom. The molecule has 1 atom stereocenters. The number of carbonyl (C=O) groups excluding carboxylic acids is 1. The van der Waals surface area contributed by atoms with Gasteiger partial charge in [-0.15, -0.1) is 11.6 Å². The summed E-state index contributed by atoms with van der Waals surface area (Å²) in [5, 5.41) is 2.76.